The summed E-state index contributed by atoms with van der Waals surface area (Å²) in [6.07, 6.45) is 15.5. The molecule has 2 aromatic rings. The summed E-state index contributed by atoms with van der Waals surface area (Å²) in [7, 11) is 1.73. The minimum atomic E-state index is -0.167. The van der Waals surface area contributed by atoms with E-state index in [0.29, 0.717) is 0 Å². The van der Waals surface area contributed by atoms with Crippen LogP contribution < -0.4 is 10.1 Å². The fourth-order valence-corrected chi connectivity index (χ4v) is 9.24. The number of benzene rings is 2. The number of ether oxygens (including phenoxy) is 1. The van der Waals surface area contributed by atoms with Gasteiger partial charge in [-0.2, -0.15) is 0 Å². The van der Waals surface area contributed by atoms with Crippen molar-refractivity contribution in [2.45, 2.75) is 129 Å². The Labute approximate surface area is 266 Å². The molecule has 0 saturated heterocycles. The van der Waals surface area contributed by atoms with E-state index in [2.05, 4.69) is 86.2 Å². The van der Waals surface area contributed by atoms with E-state index in [0.717, 1.165) is 67.6 Å². The lowest BCUT2D eigenvalue weighted by Crippen LogP contribution is -2.47. The minimum absolute atomic E-state index is 0.0440. The van der Waals surface area contributed by atoms with Crippen LogP contribution in [0.25, 0.3) is 0 Å². The average molecular weight is 595 g/mol. The molecule has 1 N–H and O–H groups in total. The van der Waals surface area contributed by atoms with E-state index in [1.54, 1.807) is 7.11 Å². The van der Waals surface area contributed by atoms with Crippen LogP contribution in [0.4, 0.5) is 5.69 Å². The molecule has 4 nitrogen and oxygen atoms in total. The molecule has 0 spiro atoms. The van der Waals surface area contributed by atoms with Crippen LogP contribution in [-0.2, 0) is 11.2 Å². The van der Waals surface area contributed by atoms with Gasteiger partial charge in [-0.1, -0.05) is 70.6 Å². The topological polar surface area (TPSA) is 41.6 Å². The van der Waals surface area contributed by atoms with Crippen LogP contribution in [0, 0.1) is 35.0 Å². The number of methoxy groups -OCH3 is 1. The molecule has 0 radical (unpaired) electrons. The first-order valence-electron chi connectivity index (χ1n) is 17.7. The number of rotatable bonds is 9. The van der Waals surface area contributed by atoms with Crippen molar-refractivity contribution in [2.24, 2.45) is 23.2 Å². The Balaban J connectivity index is 1.35. The van der Waals surface area contributed by atoms with Gasteiger partial charge in [0.05, 0.1) is 13.2 Å². The molecule has 0 aromatic heterocycles. The lowest BCUT2D eigenvalue weighted by molar-refractivity contribution is -0.130. The predicted octanol–water partition coefficient (Wildman–Crippen LogP) is 9.33. The SMILES string of the molecule is CCCC[C@H]1Cc2cc(OC)ccc2[C@H](c2ccc(NC34CCCC5CC(CC5C3)C4)cc2)N1C(=O)C#CC(C)(CC)CC. The summed E-state index contributed by atoms with van der Waals surface area (Å²) in [5, 5.41) is 4.09. The zero-order chi connectivity index (χ0) is 30.9. The maximum atomic E-state index is 14.2. The largest absolute Gasteiger partial charge is 0.497 e. The highest BCUT2D eigenvalue weighted by Gasteiger charge is 2.49. The molecule has 3 saturated carbocycles. The molecule has 236 valence electrons. The van der Waals surface area contributed by atoms with Crippen LogP contribution in [-0.4, -0.2) is 29.5 Å². The minimum Gasteiger partial charge on any atom is -0.497 e. The molecule has 44 heavy (non-hydrogen) atoms. The second kappa shape index (κ2) is 12.8. The van der Waals surface area contributed by atoms with Crippen LogP contribution in [0.3, 0.4) is 0 Å². The molecule has 2 aromatic carbocycles. The Morgan fingerprint density at radius 2 is 1.84 bits per heavy atom. The van der Waals surface area contributed by atoms with Gasteiger partial charge in [-0.15, -0.1) is 0 Å². The Bertz CT molecular complexity index is 1380. The average Bonchev–Trinajstić information content (AvgIpc) is 3.27. The third-order valence-electron chi connectivity index (χ3n) is 12.1. The molecule has 3 aliphatic carbocycles. The summed E-state index contributed by atoms with van der Waals surface area (Å²) in [6, 6.07) is 15.4. The van der Waals surface area contributed by atoms with Gasteiger partial charge < -0.3 is 15.0 Å². The summed E-state index contributed by atoms with van der Waals surface area (Å²) < 4.78 is 5.64. The third-order valence-corrected chi connectivity index (χ3v) is 12.1. The quantitative estimate of drug-likeness (QED) is 0.294. The fraction of sp³-hybridized carbons (Fsp3) is 0.625. The number of carbonyl (C=O) groups is 1. The first-order valence-corrected chi connectivity index (χ1v) is 17.7. The summed E-state index contributed by atoms with van der Waals surface area (Å²) in [5.74, 6) is 10.2. The molecule has 4 aliphatic rings. The van der Waals surface area contributed by atoms with Crippen molar-refractivity contribution < 1.29 is 9.53 Å². The van der Waals surface area contributed by atoms with E-state index in [9.17, 15) is 4.79 Å². The summed E-state index contributed by atoms with van der Waals surface area (Å²) in [5.41, 5.74) is 4.97. The molecule has 3 bridgehead atoms. The second-order valence-corrected chi connectivity index (χ2v) is 14.9. The van der Waals surface area contributed by atoms with Gasteiger partial charge in [0.2, 0.25) is 0 Å². The third kappa shape index (κ3) is 6.14. The number of nitrogens with zero attached hydrogens (tertiary/aromatic N) is 1. The van der Waals surface area contributed by atoms with Crippen molar-refractivity contribution in [3.05, 3.63) is 59.2 Å². The normalized spacial score (nSPS) is 28.9. The van der Waals surface area contributed by atoms with Gasteiger partial charge in [0.1, 0.15) is 5.75 Å². The first-order chi connectivity index (χ1) is 21.3. The van der Waals surface area contributed by atoms with Gasteiger partial charge in [-0.05, 0) is 129 Å². The van der Waals surface area contributed by atoms with E-state index < -0.39 is 0 Å². The number of hydrogen-bond donors (Lipinski definition) is 1. The lowest BCUT2D eigenvalue weighted by Gasteiger charge is -2.43. The van der Waals surface area contributed by atoms with E-state index in [1.165, 1.54) is 61.8 Å². The van der Waals surface area contributed by atoms with E-state index in [1.807, 2.05) is 6.07 Å². The summed E-state index contributed by atoms with van der Waals surface area (Å²) >= 11 is 0. The van der Waals surface area contributed by atoms with Crippen molar-refractivity contribution >= 4 is 11.6 Å². The molecule has 4 unspecified atom stereocenters. The van der Waals surface area contributed by atoms with Crippen molar-refractivity contribution in [3.8, 4) is 17.6 Å². The molecule has 6 rings (SSSR count). The van der Waals surface area contributed by atoms with Gasteiger partial charge in [-0.25, -0.2) is 0 Å². The number of fused-ring (bicyclic) bond motifs is 3. The molecule has 6 atom stereocenters. The number of carbonyl (C=O) groups excluding carboxylic acids is 1. The van der Waals surface area contributed by atoms with Gasteiger partial charge >= 0.3 is 0 Å². The zero-order valence-corrected chi connectivity index (χ0v) is 27.9. The van der Waals surface area contributed by atoms with E-state index >= 15 is 0 Å². The Morgan fingerprint density at radius 3 is 2.57 bits per heavy atom. The van der Waals surface area contributed by atoms with Gasteiger partial charge in [0, 0.05) is 22.7 Å². The van der Waals surface area contributed by atoms with Gasteiger partial charge in [0.25, 0.3) is 5.91 Å². The second-order valence-electron chi connectivity index (χ2n) is 14.9. The molecule has 1 amide bonds. The molecular formula is C40H54N2O2. The molecule has 1 aliphatic heterocycles. The Hall–Kier alpha value is -2.93. The highest BCUT2D eigenvalue weighted by molar-refractivity contribution is 5.94. The number of unbranched alkanes of at least 4 members (excludes halogenated alkanes) is 1. The highest BCUT2D eigenvalue weighted by atomic mass is 16.5. The van der Waals surface area contributed by atoms with Crippen molar-refractivity contribution in [1.29, 1.82) is 0 Å². The van der Waals surface area contributed by atoms with Crippen LogP contribution >= 0.6 is 0 Å². The predicted molar refractivity (Wildman–Crippen MR) is 181 cm³/mol. The highest BCUT2D eigenvalue weighted by Crippen LogP contribution is 2.56. The zero-order valence-electron chi connectivity index (χ0n) is 27.9. The molecular weight excluding hydrogens is 540 g/mol. The van der Waals surface area contributed by atoms with E-state index in [-0.39, 0.29) is 28.9 Å². The standard InChI is InChI=1S/C40H54N2O2/c1-6-9-12-34-24-31-25-35(44-5)17-18-36(31)38(42(34)37(43)19-21-39(4,7-2)8-3)29-13-15-33(16-14-29)41-40-20-10-11-30-22-28(26-40)23-32(30)27-40/h13-18,25,28,30,32,34,38,41H,6-12,20,22-24,26-27H2,1-5H3/t28?,30?,32?,34-,38-,40?/m0/s1. The van der Waals surface area contributed by atoms with Gasteiger partial charge in [-0.3, -0.25) is 4.79 Å². The lowest BCUT2D eigenvalue weighted by atomic mass is 9.73. The van der Waals surface area contributed by atoms with Crippen molar-refractivity contribution in [2.75, 3.05) is 12.4 Å². The van der Waals surface area contributed by atoms with Crippen molar-refractivity contribution in [3.63, 3.8) is 0 Å². The Morgan fingerprint density at radius 1 is 1.07 bits per heavy atom. The van der Waals surface area contributed by atoms with Crippen LogP contribution in [0.5, 0.6) is 5.75 Å². The number of nitrogens with one attached hydrogen (secondary N) is 1. The first kappa shape index (κ1) is 31.1. The van der Waals surface area contributed by atoms with Crippen LogP contribution in [0.15, 0.2) is 42.5 Å². The summed E-state index contributed by atoms with van der Waals surface area (Å²) in [4.78, 5) is 16.3. The maximum absolute atomic E-state index is 14.2. The van der Waals surface area contributed by atoms with Gasteiger partial charge in [0.15, 0.2) is 0 Å². The smallest absolute Gasteiger partial charge is 0.299 e. The molecule has 3 fully saturated rings. The maximum Gasteiger partial charge on any atom is 0.299 e. The number of amides is 1. The van der Waals surface area contributed by atoms with Crippen LogP contribution in [0.1, 0.15) is 127 Å². The Kier molecular flexibility index (Phi) is 9.05. The summed E-state index contributed by atoms with van der Waals surface area (Å²) in [6.45, 7) is 8.74. The fourth-order valence-electron chi connectivity index (χ4n) is 9.24. The van der Waals surface area contributed by atoms with Crippen LogP contribution in [0.2, 0.25) is 0 Å². The van der Waals surface area contributed by atoms with Crippen molar-refractivity contribution in [1.82, 2.24) is 4.90 Å². The monoisotopic (exact) mass is 594 g/mol. The van der Waals surface area contributed by atoms with E-state index in [4.69, 9.17) is 4.74 Å². The molecule has 4 heteroatoms. The number of anilines is 1. The molecule has 1 heterocycles. The number of hydrogen-bond acceptors (Lipinski definition) is 3.